The molecule has 0 radical (unpaired) electrons. The number of nitrogens with two attached hydrogens (primary N) is 1. The van der Waals surface area contributed by atoms with Crippen molar-refractivity contribution in [3.8, 4) is 5.75 Å². The summed E-state index contributed by atoms with van der Waals surface area (Å²) in [5.41, 5.74) is 9.96. The fourth-order valence-corrected chi connectivity index (χ4v) is 2.29. The summed E-state index contributed by atoms with van der Waals surface area (Å²) in [7, 11) is 1.45. The Hall–Kier alpha value is -1.94. The molecule has 3 nitrogen and oxygen atoms in total. The van der Waals surface area contributed by atoms with E-state index in [4.69, 9.17) is 10.5 Å². The minimum Gasteiger partial charge on any atom is -0.494 e. The van der Waals surface area contributed by atoms with Crippen molar-refractivity contribution < 1.29 is 9.13 Å². The van der Waals surface area contributed by atoms with Crippen LogP contribution in [0.4, 0.5) is 4.39 Å². The van der Waals surface area contributed by atoms with Crippen molar-refractivity contribution in [3.05, 3.63) is 58.7 Å². The Morgan fingerprint density at radius 2 is 1.85 bits per heavy atom. The summed E-state index contributed by atoms with van der Waals surface area (Å²) in [5, 5.41) is 0. The maximum Gasteiger partial charge on any atom is 0.165 e. The zero-order valence-corrected chi connectivity index (χ0v) is 12.0. The molecule has 0 amide bonds. The molecule has 0 saturated carbocycles. The largest absolute Gasteiger partial charge is 0.494 e. The van der Waals surface area contributed by atoms with Gasteiger partial charge in [0.05, 0.1) is 7.11 Å². The first-order valence-corrected chi connectivity index (χ1v) is 6.53. The monoisotopic (exact) mass is 274 g/mol. The predicted octanol–water partition coefficient (Wildman–Crippen LogP) is 3.09. The summed E-state index contributed by atoms with van der Waals surface area (Å²) in [5.74, 6) is -0.114. The first-order chi connectivity index (χ1) is 9.49. The van der Waals surface area contributed by atoms with Crippen LogP contribution in [0.3, 0.4) is 0 Å². The van der Waals surface area contributed by atoms with Gasteiger partial charge in [0, 0.05) is 17.4 Å². The summed E-state index contributed by atoms with van der Waals surface area (Å²) >= 11 is 0. The molecule has 0 aliphatic carbocycles. The highest BCUT2D eigenvalue weighted by Crippen LogP contribution is 2.22. The van der Waals surface area contributed by atoms with E-state index in [0.717, 1.165) is 22.5 Å². The second kappa shape index (κ2) is 6.01. The lowest BCUT2D eigenvalue weighted by atomic mass is 9.99. The number of hydrogen-bond acceptors (Lipinski definition) is 3. The second-order valence-electron chi connectivity index (χ2n) is 4.96. The highest BCUT2D eigenvalue weighted by atomic mass is 19.1. The van der Waals surface area contributed by atoms with Gasteiger partial charge in [-0.1, -0.05) is 6.07 Å². The molecule has 4 heteroatoms. The highest BCUT2D eigenvalue weighted by molar-refractivity contribution is 5.31. The van der Waals surface area contributed by atoms with Gasteiger partial charge in [-0.3, -0.25) is 4.98 Å². The van der Waals surface area contributed by atoms with Gasteiger partial charge in [0.2, 0.25) is 0 Å². The van der Waals surface area contributed by atoms with E-state index in [0.29, 0.717) is 6.42 Å². The van der Waals surface area contributed by atoms with Gasteiger partial charge in [-0.05, 0) is 55.7 Å². The van der Waals surface area contributed by atoms with Crippen molar-refractivity contribution >= 4 is 0 Å². The number of hydrogen-bond donors (Lipinski definition) is 1. The smallest absolute Gasteiger partial charge is 0.165 e. The summed E-state index contributed by atoms with van der Waals surface area (Å²) < 4.78 is 18.6. The normalized spacial score (nSPS) is 12.2. The van der Waals surface area contributed by atoms with E-state index in [-0.39, 0.29) is 17.6 Å². The lowest BCUT2D eigenvalue weighted by Crippen LogP contribution is -2.14. The Morgan fingerprint density at radius 1 is 1.20 bits per heavy atom. The molecule has 0 bridgehead atoms. The number of benzene rings is 1. The molecule has 106 valence electrons. The third-order valence-electron chi connectivity index (χ3n) is 3.20. The van der Waals surface area contributed by atoms with Gasteiger partial charge >= 0.3 is 0 Å². The van der Waals surface area contributed by atoms with Gasteiger partial charge in [-0.25, -0.2) is 4.39 Å². The Kier molecular flexibility index (Phi) is 4.35. The molecule has 0 aliphatic heterocycles. The summed E-state index contributed by atoms with van der Waals surface area (Å²) in [6.45, 7) is 3.88. The zero-order valence-electron chi connectivity index (χ0n) is 12.0. The van der Waals surface area contributed by atoms with Crippen LogP contribution >= 0.6 is 0 Å². The zero-order chi connectivity index (χ0) is 14.7. The average Bonchev–Trinajstić information content (AvgIpc) is 2.37. The number of halogens is 1. The fraction of sp³-hybridized carbons (Fsp3) is 0.312. The average molecular weight is 274 g/mol. The van der Waals surface area contributed by atoms with Gasteiger partial charge in [0.15, 0.2) is 11.6 Å². The molecule has 1 atom stereocenters. The summed E-state index contributed by atoms with van der Waals surface area (Å²) in [6, 6.07) is 8.70. The molecule has 20 heavy (non-hydrogen) atoms. The molecule has 0 aliphatic rings. The van der Waals surface area contributed by atoms with E-state index < -0.39 is 0 Å². The van der Waals surface area contributed by atoms with E-state index in [1.54, 1.807) is 6.07 Å². The van der Waals surface area contributed by atoms with Gasteiger partial charge < -0.3 is 10.5 Å². The van der Waals surface area contributed by atoms with Gasteiger partial charge in [-0.2, -0.15) is 0 Å². The van der Waals surface area contributed by atoms with Crippen molar-refractivity contribution in [2.75, 3.05) is 7.11 Å². The molecular weight excluding hydrogens is 255 g/mol. The molecule has 1 aromatic heterocycles. The lowest BCUT2D eigenvalue weighted by Gasteiger charge is -2.14. The maximum absolute atomic E-state index is 13.7. The third-order valence-corrected chi connectivity index (χ3v) is 3.20. The highest BCUT2D eigenvalue weighted by Gasteiger charge is 2.11. The van der Waals surface area contributed by atoms with Crippen LogP contribution in [-0.2, 0) is 6.42 Å². The maximum atomic E-state index is 13.7. The molecular formula is C16H19FN2O. The fourth-order valence-electron chi connectivity index (χ4n) is 2.29. The van der Waals surface area contributed by atoms with Crippen molar-refractivity contribution in [1.82, 2.24) is 4.98 Å². The molecule has 0 fully saturated rings. The minimum atomic E-state index is -0.362. The molecule has 1 heterocycles. The Labute approximate surface area is 118 Å². The Bertz CT molecular complexity index is 593. The number of aryl methyl sites for hydroxylation is 2. The van der Waals surface area contributed by atoms with Gasteiger partial charge in [-0.15, -0.1) is 0 Å². The van der Waals surface area contributed by atoms with Crippen LogP contribution in [0.15, 0.2) is 30.3 Å². The quantitative estimate of drug-likeness (QED) is 0.932. The van der Waals surface area contributed by atoms with Crippen LogP contribution in [0, 0.1) is 19.7 Å². The molecule has 2 rings (SSSR count). The minimum absolute atomic E-state index is 0.178. The van der Waals surface area contributed by atoms with Crippen molar-refractivity contribution in [2.45, 2.75) is 26.3 Å². The van der Waals surface area contributed by atoms with Crippen LogP contribution in [-0.4, -0.2) is 12.1 Å². The predicted molar refractivity (Wildman–Crippen MR) is 77.3 cm³/mol. The lowest BCUT2D eigenvalue weighted by molar-refractivity contribution is 0.386. The van der Waals surface area contributed by atoms with Crippen LogP contribution in [0.1, 0.15) is 28.6 Å². The van der Waals surface area contributed by atoms with E-state index in [2.05, 4.69) is 4.98 Å². The standard InChI is InChI=1S/C16H19FN2O/c1-10-6-13(7-11(2)19-10)15(18)9-12-4-5-16(20-3)14(17)8-12/h4-8,15H,9,18H2,1-3H3. The summed E-state index contributed by atoms with van der Waals surface area (Å²) in [4.78, 5) is 4.33. The molecule has 0 saturated heterocycles. The van der Waals surface area contributed by atoms with Gasteiger partial charge in [0.1, 0.15) is 0 Å². The number of pyridine rings is 1. The number of aromatic nitrogens is 1. The van der Waals surface area contributed by atoms with E-state index in [1.807, 2.05) is 32.0 Å². The van der Waals surface area contributed by atoms with Crippen molar-refractivity contribution in [3.63, 3.8) is 0 Å². The van der Waals surface area contributed by atoms with Crippen molar-refractivity contribution in [1.29, 1.82) is 0 Å². The van der Waals surface area contributed by atoms with E-state index >= 15 is 0 Å². The van der Waals surface area contributed by atoms with Gasteiger partial charge in [0.25, 0.3) is 0 Å². The number of ether oxygens (including phenoxy) is 1. The number of rotatable bonds is 4. The number of nitrogens with zero attached hydrogens (tertiary/aromatic N) is 1. The molecule has 1 unspecified atom stereocenters. The van der Waals surface area contributed by atoms with Crippen LogP contribution in [0.25, 0.3) is 0 Å². The molecule has 1 aromatic carbocycles. The topological polar surface area (TPSA) is 48.1 Å². The van der Waals surface area contributed by atoms with E-state index in [1.165, 1.54) is 13.2 Å². The van der Waals surface area contributed by atoms with E-state index in [9.17, 15) is 4.39 Å². The Balaban J connectivity index is 2.18. The molecule has 2 aromatic rings. The summed E-state index contributed by atoms with van der Waals surface area (Å²) in [6.07, 6.45) is 0.573. The SMILES string of the molecule is COc1ccc(CC(N)c2cc(C)nc(C)c2)cc1F. The van der Waals surface area contributed by atoms with Crippen LogP contribution < -0.4 is 10.5 Å². The molecule has 2 N–H and O–H groups in total. The molecule has 0 spiro atoms. The van der Waals surface area contributed by atoms with Crippen molar-refractivity contribution in [2.24, 2.45) is 5.73 Å². The first-order valence-electron chi connectivity index (χ1n) is 6.53. The first kappa shape index (κ1) is 14.5. The number of methoxy groups -OCH3 is 1. The third kappa shape index (κ3) is 3.33. The second-order valence-corrected chi connectivity index (χ2v) is 4.96. The Morgan fingerprint density at radius 3 is 2.40 bits per heavy atom. The van der Waals surface area contributed by atoms with Crippen LogP contribution in [0.2, 0.25) is 0 Å². The van der Waals surface area contributed by atoms with Crippen LogP contribution in [0.5, 0.6) is 5.75 Å².